The molecule has 12 heterocycles. The first-order valence-corrected chi connectivity index (χ1v) is 27.9. The lowest BCUT2D eigenvalue weighted by atomic mass is 9.84. The van der Waals surface area contributed by atoms with Gasteiger partial charge in [0.05, 0.1) is 35.7 Å². The lowest BCUT2D eigenvalue weighted by molar-refractivity contribution is -0.128. The number of likely N-dealkylation sites (tertiary alicyclic amines) is 2. The number of imidazole rings is 2. The Morgan fingerprint density at radius 3 is 1.60 bits per heavy atom. The standard InChI is InChI=1S/C31H32N8O2.C31H30N8O2/c2*1-2-28(40)37-15-10-20(11-16-37)17-21-19-41-26-18-22(6-7-23(21)26)39-30(24-5-3-12-33-29(24)32)35-25-8-9-27(36-31(25)39)38-14-4-13-34-38/h2-9,12,14,18,20-21,34H,1,10-11,13,15-17,19H2,(H2,32,33);2-9,12-14,18,20-21H,1,10-11,15-17,19H2,(H2,32,33). The molecule has 2 atom stereocenters. The van der Waals surface area contributed by atoms with E-state index in [1.165, 1.54) is 23.3 Å². The molecule has 82 heavy (non-hydrogen) atoms. The number of hydrazine groups is 1. The summed E-state index contributed by atoms with van der Waals surface area (Å²) in [6.07, 6.45) is 19.9. The zero-order valence-electron chi connectivity index (χ0n) is 45.3. The van der Waals surface area contributed by atoms with E-state index in [0.29, 0.717) is 71.6 Å². The third-order valence-corrected chi connectivity index (χ3v) is 16.5. The highest BCUT2D eigenvalue weighted by Gasteiger charge is 2.33. The number of fused-ring (bicyclic) bond motifs is 4. The van der Waals surface area contributed by atoms with Crippen LogP contribution < -0.4 is 31.4 Å². The predicted octanol–water partition coefficient (Wildman–Crippen LogP) is 8.73. The average molecular weight is 1100 g/mol. The van der Waals surface area contributed by atoms with Crippen molar-refractivity contribution in [3.8, 4) is 51.5 Å². The molecule has 20 heteroatoms. The van der Waals surface area contributed by atoms with Crippen LogP contribution in [0.5, 0.6) is 11.5 Å². The van der Waals surface area contributed by atoms with Gasteiger partial charge >= 0.3 is 0 Å². The summed E-state index contributed by atoms with van der Waals surface area (Å²) in [7, 11) is 0. The van der Waals surface area contributed by atoms with Gasteiger partial charge in [0, 0.05) is 98.8 Å². The van der Waals surface area contributed by atoms with Gasteiger partial charge in [-0.05, 0) is 129 Å². The van der Waals surface area contributed by atoms with Gasteiger partial charge in [-0.1, -0.05) is 31.4 Å². The number of hydrogen-bond acceptors (Lipinski definition) is 15. The van der Waals surface area contributed by atoms with Crippen LogP contribution in [0.4, 0.5) is 17.5 Å². The Kier molecular flexibility index (Phi) is 13.9. The Morgan fingerprint density at radius 1 is 0.622 bits per heavy atom. The van der Waals surface area contributed by atoms with Crippen LogP contribution in [-0.4, -0.2) is 116 Å². The normalized spacial score (nSPS) is 17.8. The molecule has 0 bridgehead atoms. The molecule has 2 amide bonds. The maximum atomic E-state index is 12.0. The monoisotopic (exact) mass is 1090 g/mol. The first-order valence-electron chi connectivity index (χ1n) is 27.9. The molecule has 14 rings (SSSR count). The smallest absolute Gasteiger partial charge is 0.245 e. The van der Waals surface area contributed by atoms with Gasteiger partial charge in [-0.15, -0.1) is 0 Å². The summed E-state index contributed by atoms with van der Waals surface area (Å²) in [5.74, 6) is 7.20. The quantitative estimate of drug-likeness (QED) is 0.0971. The third-order valence-electron chi connectivity index (χ3n) is 16.5. The molecular weight excluding hydrogens is 1030 g/mol. The fraction of sp³-hybridized carbons (Fsp3) is 0.274. The fourth-order valence-corrected chi connectivity index (χ4v) is 12.2. The zero-order valence-corrected chi connectivity index (χ0v) is 45.3. The summed E-state index contributed by atoms with van der Waals surface area (Å²) in [4.78, 5) is 56.1. The molecule has 2 aromatic carbocycles. The van der Waals surface area contributed by atoms with Gasteiger partial charge in [-0.2, -0.15) is 5.10 Å². The van der Waals surface area contributed by atoms with Crippen molar-refractivity contribution in [3.63, 3.8) is 0 Å². The molecule has 9 aromatic rings. The van der Waals surface area contributed by atoms with Crippen molar-refractivity contribution in [2.24, 2.45) is 11.8 Å². The number of hydrogen-bond donors (Lipinski definition) is 3. The van der Waals surface area contributed by atoms with E-state index in [0.717, 1.165) is 128 Å². The van der Waals surface area contributed by atoms with Crippen molar-refractivity contribution in [1.29, 1.82) is 0 Å². The number of pyridine rings is 4. The third kappa shape index (κ3) is 9.94. The molecule has 2 fully saturated rings. The summed E-state index contributed by atoms with van der Waals surface area (Å²) < 4.78 is 18.3. The van der Waals surface area contributed by atoms with Crippen molar-refractivity contribution in [3.05, 3.63) is 164 Å². The SMILES string of the molecule is C=CC(=O)N1CCC(CC2COc3cc(-n4c(-c5cccnc5N)nc5ccc(-n6cccn6)nc54)ccc32)CC1.C=CC(=O)N1CCC(CC2COc3cc(-n4c(-c5cccnc5N)nc5ccc(N6C=CCN6)nc54)ccc32)CC1. The second-order valence-electron chi connectivity index (χ2n) is 21.4. The van der Waals surface area contributed by atoms with E-state index in [1.807, 2.05) is 97.0 Å². The van der Waals surface area contributed by atoms with Gasteiger partial charge in [-0.3, -0.25) is 23.7 Å². The van der Waals surface area contributed by atoms with Gasteiger partial charge in [0.2, 0.25) is 11.8 Å². The molecular formula is C62H62N16O4. The second kappa shape index (κ2) is 22.1. The molecule has 5 N–H and O–H groups in total. The number of carbonyl (C=O) groups excluding carboxylic acids is 2. The molecule has 20 nitrogen and oxygen atoms in total. The number of nitrogens with zero attached hydrogens (tertiary/aromatic N) is 13. The fourth-order valence-electron chi connectivity index (χ4n) is 12.2. The maximum absolute atomic E-state index is 12.0. The van der Waals surface area contributed by atoms with Gasteiger partial charge < -0.3 is 30.7 Å². The van der Waals surface area contributed by atoms with E-state index in [1.54, 1.807) is 23.3 Å². The van der Waals surface area contributed by atoms with E-state index in [-0.39, 0.29) is 11.8 Å². The Hall–Kier alpha value is -9.69. The first-order chi connectivity index (χ1) is 40.2. The van der Waals surface area contributed by atoms with Crippen molar-refractivity contribution >= 4 is 51.6 Å². The van der Waals surface area contributed by atoms with Gasteiger partial charge in [0.15, 0.2) is 28.8 Å². The average Bonchev–Trinajstić information content (AvgIpc) is 3.73. The lowest BCUT2D eigenvalue weighted by Gasteiger charge is -2.32. The zero-order chi connectivity index (χ0) is 55.8. The topological polar surface area (TPSA) is 231 Å². The summed E-state index contributed by atoms with van der Waals surface area (Å²) in [6, 6.07) is 29.9. The van der Waals surface area contributed by atoms with Crippen molar-refractivity contribution < 1.29 is 19.1 Å². The number of anilines is 3. The minimum Gasteiger partial charge on any atom is -0.493 e. The van der Waals surface area contributed by atoms with Crippen LogP contribution in [0.3, 0.4) is 0 Å². The molecule has 5 aliphatic heterocycles. The second-order valence-corrected chi connectivity index (χ2v) is 21.4. The number of aromatic nitrogens is 10. The van der Waals surface area contributed by atoms with Gasteiger partial charge in [-0.25, -0.2) is 40.0 Å². The number of ether oxygens (including phenoxy) is 2. The minimum absolute atomic E-state index is 0.0243. The van der Waals surface area contributed by atoms with E-state index in [4.69, 9.17) is 40.9 Å². The minimum atomic E-state index is 0.0243. The predicted molar refractivity (Wildman–Crippen MR) is 314 cm³/mol. The number of piperidine rings is 2. The van der Waals surface area contributed by atoms with Crippen LogP contribution in [0.25, 0.3) is 62.3 Å². The van der Waals surface area contributed by atoms with Crippen LogP contribution in [0, 0.1) is 11.8 Å². The molecule has 2 saturated heterocycles. The largest absolute Gasteiger partial charge is 0.493 e. The van der Waals surface area contributed by atoms with Crippen LogP contribution in [0.15, 0.2) is 153 Å². The van der Waals surface area contributed by atoms with E-state index in [9.17, 15) is 9.59 Å². The lowest BCUT2D eigenvalue weighted by Crippen LogP contribution is -2.37. The maximum Gasteiger partial charge on any atom is 0.245 e. The van der Waals surface area contributed by atoms with Gasteiger partial charge in [0.1, 0.15) is 40.0 Å². The molecule has 0 aliphatic carbocycles. The van der Waals surface area contributed by atoms with Crippen molar-refractivity contribution in [1.82, 2.24) is 64.0 Å². The van der Waals surface area contributed by atoms with E-state index < -0.39 is 0 Å². The molecule has 7 aromatic heterocycles. The number of nitrogen functional groups attached to an aromatic ring is 2. The number of nitrogens with two attached hydrogens (primary N) is 2. The highest BCUT2D eigenvalue weighted by Crippen LogP contribution is 2.44. The first kappa shape index (κ1) is 51.7. The summed E-state index contributed by atoms with van der Waals surface area (Å²) in [6.45, 7) is 12.5. The number of amides is 2. The highest BCUT2D eigenvalue weighted by molar-refractivity contribution is 5.88. The molecule has 414 valence electrons. The van der Waals surface area contributed by atoms with E-state index in [2.05, 4.69) is 70.0 Å². The number of nitrogens with one attached hydrogen (secondary N) is 1. The number of rotatable bonds is 12. The van der Waals surface area contributed by atoms with Crippen LogP contribution in [0.2, 0.25) is 0 Å². The Balaban J connectivity index is 0.000000154. The molecule has 0 saturated carbocycles. The molecule has 2 unspecified atom stereocenters. The number of carbonyl (C=O) groups is 2. The Bertz CT molecular complexity index is 3930. The van der Waals surface area contributed by atoms with Crippen molar-refractivity contribution in [2.45, 2.75) is 50.4 Å². The van der Waals surface area contributed by atoms with Crippen molar-refractivity contribution in [2.75, 3.05) is 62.4 Å². The summed E-state index contributed by atoms with van der Waals surface area (Å²) in [5, 5.41) is 6.25. The van der Waals surface area contributed by atoms with E-state index >= 15 is 0 Å². The van der Waals surface area contributed by atoms with Gasteiger partial charge in [0.25, 0.3) is 0 Å². The summed E-state index contributed by atoms with van der Waals surface area (Å²) >= 11 is 0. The molecule has 5 aliphatic rings. The molecule has 0 spiro atoms. The number of benzene rings is 2. The van der Waals surface area contributed by atoms with Crippen LogP contribution in [-0.2, 0) is 9.59 Å². The Morgan fingerprint density at radius 2 is 1.13 bits per heavy atom. The molecule has 0 radical (unpaired) electrons. The summed E-state index contributed by atoms with van der Waals surface area (Å²) in [5.41, 5.74) is 24.5. The van der Waals surface area contributed by atoms with Crippen LogP contribution >= 0.6 is 0 Å². The Labute approximate surface area is 473 Å². The van der Waals surface area contributed by atoms with Crippen LogP contribution in [0.1, 0.15) is 61.5 Å². The highest BCUT2D eigenvalue weighted by atomic mass is 16.5.